The molecule has 1 aliphatic rings. The molecule has 0 bridgehead atoms. The standard InChI is InChI=1S/C24H27N3OS/c1-17-12-13-23-24(18(17)2)27(21-10-5-6-11-22(21)29(23)28)15-7-14-26-16-19-8-3-4-9-20(19)25/h3-6,8-13,26H,7,14-16,25H2,1-2H3. The molecule has 3 aromatic rings. The zero-order chi connectivity index (χ0) is 20.4. The lowest BCUT2D eigenvalue weighted by molar-refractivity contribution is 0.647. The molecule has 4 rings (SSSR count). The van der Waals surface area contributed by atoms with E-state index in [2.05, 4.69) is 42.3 Å². The van der Waals surface area contributed by atoms with Crippen LogP contribution in [0.4, 0.5) is 17.1 Å². The van der Waals surface area contributed by atoms with Gasteiger partial charge in [0.25, 0.3) is 0 Å². The molecule has 29 heavy (non-hydrogen) atoms. The van der Waals surface area contributed by atoms with Crippen molar-refractivity contribution in [1.82, 2.24) is 5.32 Å². The van der Waals surface area contributed by atoms with Gasteiger partial charge in [-0.3, -0.25) is 0 Å². The van der Waals surface area contributed by atoms with Crippen LogP contribution in [0.15, 0.2) is 70.5 Å². The van der Waals surface area contributed by atoms with Crippen molar-refractivity contribution in [3.05, 3.63) is 77.4 Å². The van der Waals surface area contributed by atoms with Gasteiger partial charge in [-0.2, -0.15) is 0 Å². The molecule has 150 valence electrons. The molecule has 0 fully saturated rings. The first kappa shape index (κ1) is 19.7. The molecule has 0 saturated heterocycles. The van der Waals surface area contributed by atoms with Crippen molar-refractivity contribution in [3.63, 3.8) is 0 Å². The van der Waals surface area contributed by atoms with Crippen molar-refractivity contribution in [2.75, 3.05) is 23.7 Å². The maximum Gasteiger partial charge on any atom is 0.0892 e. The molecule has 1 atom stereocenters. The Bertz CT molecular complexity index is 1060. The summed E-state index contributed by atoms with van der Waals surface area (Å²) in [6.45, 7) is 6.76. The van der Waals surface area contributed by atoms with Crippen LogP contribution in [-0.2, 0) is 17.3 Å². The molecule has 5 heteroatoms. The molecule has 3 aromatic carbocycles. The number of nitrogens with two attached hydrogens (primary N) is 1. The van der Waals surface area contributed by atoms with Gasteiger partial charge < -0.3 is 16.0 Å². The number of rotatable bonds is 6. The van der Waals surface area contributed by atoms with Crippen LogP contribution in [0.3, 0.4) is 0 Å². The van der Waals surface area contributed by atoms with Crippen LogP contribution in [-0.4, -0.2) is 17.3 Å². The van der Waals surface area contributed by atoms with Gasteiger partial charge in [-0.25, -0.2) is 4.21 Å². The Labute approximate surface area is 175 Å². The van der Waals surface area contributed by atoms with Crippen LogP contribution in [0.5, 0.6) is 0 Å². The Hall–Kier alpha value is -2.63. The summed E-state index contributed by atoms with van der Waals surface area (Å²) in [6.07, 6.45) is 0.973. The fourth-order valence-electron chi connectivity index (χ4n) is 3.85. The number of benzene rings is 3. The van der Waals surface area contributed by atoms with E-state index >= 15 is 0 Å². The summed E-state index contributed by atoms with van der Waals surface area (Å²) in [5.74, 6) is 0. The molecular formula is C24H27N3OS. The second-order valence-electron chi connectivity index (χ2n) is 7.47. The lowest BCUT2D eigenvalue weighted by Crippen LogP contribution is -2.28. The molecule has 0 aromatic heterocycles. The monoisotopic (exact) mass is 405 g/mol. The minimum Gasteiger partial charge on any atom is -0.398 e. The quantitative estimate of drug-likeness (QED) is 0.462. The molecule has 3 N–H and O–H groups in total. The summed E-state index contributed by atoms with van der Waals surface area (Å²) in [5.41, 5.74) is 12.6. The van der Waals surface area contributed by atoms with E-state index in [0.29, 0.717) is 0 Å². The fourth-order valence-corrected chi connectivity index (χ4v) is 5.29. The Kier molecular flexibility index (Phi) is 5.69. The zero-order valence-corrected chi connectivity index (χ0v) is 17.8. The van der Waals surface area contributed by atoms with Crippen molar-refractivity contribution in [2.45, 2.75) is 36.6 Å². The van der Waals surface area contributed by atoms with Gasteiger partial charge in [0.1, 0.15) is 0 Å². The lowest BCUT2D eigenvalue weighted by Gasteiger charge is -2.34. The van der Waals surface area contributed by atoms with Crippen LogP contribution >= 0.6 is 0 Å². The van der Waals surface area contributed by atoms with E-state index in [0.717, 1.165) is 58.5 Å². The normalized spacial score (nSPS) is 15.1. The van der Waals surface area contributed by atoms with Crippen LogP contribution in [0.25, 0.3) is 0 Å². The van der Waals surface area contributed by atoms with Gasteiger partial charge in [0.15, 0.2) is 0 Å². The molecule has 0 saturated carbocycles. The van der Waals surface area contributed by atoms with E-state index in [4.69, 9.17) is 5.73 Å². The molecule has 1 aliphatic heterocycles. The average molecular weight is 406 g/mol. The second-order valence-corrected chi connectivity index (χ2v) is 8.89. The van der Waals surface area contributed by atoms with Gasteiger partial charge in [0.05, 0.1) is 32.0 Å². The summed E-state index contributed by atoms with van der Waals surface area (Å²) in [4.78, 5) is 4.15. The molecule has 0 aliphatic carbocycles. The number of nitrogens with one attached hydrogen (secondary N) is 1. The summed E-state index contributed by atoms with van der Waals surface area (Å²) in [5, 5.41) is 3.50. The minimum absolute atomic E-state index is 0.766. The molecule has 1 unspecified atom stereocenters. The third-order valence-corrected chi connectivity index (χ3v) is 7.07. The SMILES string of the molecule is Cc1ccc2c(c1C)N(CCCNCc1ccccc1N)c1ccccc1S2=O. The van der Waals surface area contributed by atoms with Gasteiger partial charge in [-0.05, 0) is 67.8 Å². The Morgan fingerprint density at radius 2 is 1.72 bits per heavy atom. The van der Waals surface area contributed by atoms with Crippen LogP contribution < -0.4 is 16.0 Å². The number of nitrogens with zero attached hydrogens (tertiary/aromatic N) is 1. The van der Waals surface area contributed by atoms with Crippen molar-refractivity contribution in [1.29, 1.82) is 0 Å². The maximum atomic E-state index is 13.1. The van der Waals surface area contributed by atoms with Crippen molar-refractivity contribution >= 4 is 27.9 Å². The molecule has 0 spiro atoms. The smallest absolute Gasteiger partial charge is 0.0892 e. The van der Waals surface area contributed by atoms with Crippen molar-refractivity contribution in [3.8, 4) is 0 Å². The summed E-state index contributed by atoms with van der Waals surface area (Å²) in [6, 6.07) is 20.1. The van der Waals surface area contributed by atoms with E-state index in [1.54, 1.807) is 0 Å². The van der Waals surface area contributed by atoms with Crippen molar-refractivity contribution < 1.29 is 4.21 Å². The van der Waals surface area contributed by atoms with E-state index in [9.17, 15) is 4.21 Å². The van der Waals surface area contributed by atoms with Crippen LogP contribution in [0.1, 0.15) is 23.1 Å². The van der Waals surface area contributed by atoms with Crippen LogP contribution in [0, 0.1) is 13.8 Å². The Balaban J connectivity index is 1.51. The summed E-state index contributed by atoms with van der Waals surface area (Å²) >= 11 is 0. The second kappa shape index (κ2) is 8.39. The first-order valence-electron chi connectivity index (χ1n) is 10.0. The fraction of sp³-hybridized carbons (Fsp3) is 0.250. The Morgan fingerprint density at radius 3 is 2.55 bits per heavy atom. The summed E-state index contributed by atoms with van der Waals surface area (Å²) in [7, 11) is -1.14. The predicted octanol–water partition coefficient (Wildman–Crippen LogP) is 4.68. The number of fused-ring (bicyclic) bond motifs is 2. The van der Waals surface area contributed by atoms with Gasteiger partial charge >= 0.3 is 0 Å². The number of hydrogen-bond acceptors (Lipinski definition) is 4. The summed E-state index contributed by atoms with van der Waals surface area (Å²) < 4.78 is 13.1. The van der Waals surface area contributed by atoms with E-state index in [-0.39, 0.29) is 0 Å². The van der Waals surface area contributed by atoms with Gasteiger partial charge in [-0.15, -0.1) is 0 Å². The third kappa shape index (κ3) is 3.80. The zero-order valence-electron chi connectivity index (χ0n) is 16.9. The number of para-hydroxylation sites is 2. The topological polar surface area (TPSA) is 58.4 Å². The minimum atomic E-state index is -1.14. The Morgan fingerprint density at radius 1 is 0.966 bits per heavy atom. The molecule has 0 radical (unpaired) electrons. The third-order valence-electron chi connectivity index (χ3n) is 5.60. The highest BCUT2D eigenvalue weighted by atomic mass is 32.2. The number of anilines is 3. The molecular weight excluding hydrogens is 378 g/mol. The first-order chi connectivity index (χ1) is 14.1. The lowest BCUT2D eigenvalue weighted by atomic mass is 10.1. The number of nitrogen functional groups attached to an aromatic ring is 1. The average Bonchev–Trinajstić information content (AvgIpc) is 2.73. The highest BCUT2D eigenvalue weighted by Crippen LogP contribution is 2.44. The largest absolute Gasteiger partial charge is 0.398 e. The maximum absolute atomic E-state index is 13.1. The van der Waals surface area contributed by atoms with E-state index in [1.807, 2.05) is 42.5 Å². The predicted molar refractivity (Wildman–Crippen MR) is 121 cm³/mol. The van der Waals surface area contributed by atoms with Gasteiger partial charge in [0.2, 0.25) is 0 Å². The highest BCUT2D eigenvalue weighted by molar-refractivity contribution is 7.85. The molecule has 1 heterocycles. The molecule has 0 amide bonds. The molecule has 4 nitrogen and oxygen atoms in total. The van der Waals surface area contributed by atoms with Crippen LogP contribution in [0.2, 0.25) is 0 Å². The highest BCUT2D eigenvalue weighted by Gasteiger charge is 2.29. The van der Waals surface area contributed by atoms with Crippen molar-refractivity contribution in [2.24, 2.45) is 0 Å². The number of hydrogen-bond donors (Lipinski definition) is 2. The number of aryl methyl sites for hydroxylation is 1. The van der Waals surface area contributed by atoms with E-state index in [1.165, 1.54) is 11.1 Å². The van der Waals surface area contributed by atoms with Gasteiger partial charge in [-0.1, -0.05) is 36.4 Å². The first-order valence-corrected chi connectivity index (χ1v) is 11.2. The van der Waals surface area contributed by atoms with Gasteiger partial charge in [0, 0.05) is 18.8 Å². The van der Waals surface area contributed by atoms with E-state index < -0.39 is 10.8 Å².